The number of halogens is 3. The summed E-state index contributed by atoms with van der Waals surface area (Å²) in [5, 5.41) is 11.0. The Morgan fingerprint density at radius 1 is 1.35 bits per heavy atom. The fourth-order valence-corrected chi connectivity index (χ4v) is 1.69. The quantitative estimate of drug-likeness (QED) is 0.845. The fraction of sp³-hybridized carbons (Fsp3) is 0.250. The van der Waals surface area contributed by atoms with E-state index < -0.39 is 23.4 Å². The van der Waals surface area contributed by atoms with E-state index >= 15 is 0 Å². The van der Waals surface area contributed by atoms with E-state index in [0.717, 1.165) is 6.07 Å². The van der Waals surface area contributed by atoms with Crippen molar-refractivity contribution in [1.29, 1.82) is 0 Å². The molecular weight excluding hydrogens is 277 g/mol. The summed E-state index contributed by atoms with van der Waals surface area (Å²) in [6.07, 6.45) is -4.90. The second kappa shape index (κ2) is 5.04. The molecule has 0 unspecified atom stereocenters. The van der Waals surface area contributed by atoms with Crippen molar-refractivity contribution in [2.24, 2.45) is 0 Å². The largest absolute Gasteiger partial charge is 0.545 e. The summed E-state index contributed by atoms with van der Waals surface area (Å²) < 4.78 is 43.2. The van der Waals surface area contributed by atoms with Gasteiger partial charge < -0.3 is 14.6 Å². The number of carbonyl (C=O) groups excluding carboxylic acids is 1. The maximum atomic E-state index is 12.8. The standard InChI is InChI=1S/C12H9F3N2O3/c1-20-5-7-3-2-6-4-8(11(18)19)9(12(13,14)15)17-10(6)16-7/h2-4H,5H2,1H3,(H,18,19)/p-1. The van der Waals surface area contributed by atoms with Gasteiger partial charge in [-0.3, -0.25) is 0 Å². The first kappa shape index (κ1) is 14.2. The van der Waals surface area contributed by atoms with Gasteiger partial charge in [0.25, 0.3) is 0 Å². The Labute approximate surface area is 111 Å². The fourth-order valence-electron chi connectivity index (χ4n) is 1.69. The normalized spacial score (nSPS) is 11.8. The number of methoxy groups -OCH3 is 1. The van der Waals surface area contributed by atoms with Crippen molar-refractivity contribution in [3.8, 4) is 0 Å². The first-order valence-corrected chi connectivity index (χ1v) is 5.41. The molecule has 2 rings (SSSR count). The third-order valence-electron chi connectivity index (χ3n) is 2.52. The molecule has 0 N–H and O–H groups in total. The molecule has 0 fully saturated rings. The Morgan fingerprint density at radius 3 is 2.60 bits per heavy atom. The lowest BCUT2D eigenvalue weighted by atomic mass is 10.1. The van der Waals surface area contributed by atoms with E-state index in [0.29, 0.717) is 5.69 Å². The lowest BCUT2D eigenvalue weighted by Crippen LogP contribution is -2.27. The first-order chi connectivity index (χ1) is 9.32. The minimum absolute atomic E-state index is 0.112. The molecular formula is C12H8F3N2O3-. The van der Waals surface area contributed by atoms with Crippen LogP contribution in [0.5, 0.6) is 0 Å². The van der Waals surface area contributed by atoms with E-state index in [-0.39, 0.29) is 17.6 Å². The van der Waals surface area contributed by atoms with Gasteiger partial charge in [-0.25, -0.2) is 9.97 Å². The van der Waals surface area contributed by atoms with Gasteiger partial charge in [-0.05, 0) is 18.2 Å². The third-order valence-corrected chi connectivity index (χ3v) is 2.52. The number of fused-ring (bicyclic) bond motifs is 1. The lowest BCUT2D eigenvalue weighted by Gasteiger charge is -2.13. The van der Waals surface area contributed by atoms with Crippen LogP contribution in [0.1, 0.15) is 21.7 Å². The summed E-state index contributed by atoms with van der Waals surface area (Å²) >= 11 is 0. The van der Waals surface area contributed by atoms with Crippen molar-refractivity contribution < 1.29 is 27.8 Å². The van der Waals surface area contributed by atoms with E-state index in [1.807, 2.05) is 0 Å². The Bertz CT molecular complexity index is 671. The van der Waals surface area contributed by atoms with Crippen LogP contribution in [0.4, 0.5) is 13.2 Å². The van der Waals surface area contributed by atoms with E-state index in [4.69, 9.17) is 4.74 Å². The maximum Gasteiger partial charge on any atom is 0.434 e. The second-order valence-electron chi connectivity index (χ2n) is 3.95. The van der Waals surface area contributed by atoms with Gasteiger partial charge in [-0.2, -0.15) is 13.2 Å². The van der Waals surface area contributed by atoms with E-state index in [1.54, 1.807) is 0 Å². The van der Waals surface area contributed by atoms with Crippen molar-refractivity contribution >= 4 is 17.0 Å². The molecule has 0 spiro atoms. The van der Waals surface area contributed by atoms with E-state index in [9.17, 15) is 23.1 Å². The van der Waals surface area contributed by atoms with Crippen molar-refractivity contribution in [1.82, 2.24) is 9.97 Å². The number of carboxylic acid groups (broad SMARTS) is 1. The highest BCUT2D eigenvalue weighted by Gasteiger charge is 2.36. The average Bonchev–Trinajstić information content (AvgIpc) is 2.36. The highest BCUT2D eigenvalue weighted by Crippen LogP contribution is 2.31. The smallest absolute Gasteiger partial charge is 0.434 e. The van der Waals surface area contributed by atoms with Gasteiger partial charge in [0.05, 0.1) is 18.3 Å². The number of ether oxygens (including phenoxy) is 1. The van der Waals surface area contributed by atoms with Gasteiger partial charge in [0.15, 0.2) is 11.3 Å². The number of pyridine rings is 2. The zero-order valence-electron chi connectivity index (χ0n) is 10.2. The summed E-state index contributed by atoms with van der Waals surface area (Å²) in [6, 6.07) is 3.79. The Morgan fingerprint density at radius 2 is 2.05 bits per heavy atom. The van der Waals surface area contributed by atoms with E-state index in [1.165, 1.54) is 19.2 Å². The molecule has 0 bridgehead atoms. The molecule has 5 nitrogen and oxygen atoms in total. The van der Waals surface area contributed by atoms with Gasteiger partial charge in [0.2, 0.25) is 0 Å². The molecule has 0 aliphatic carbocycles. The molecule has 20 heavy (non-hydrogen) atoms. The number of carboxylic acids is 1. The van der Waals surface area contributed by atoms with Crippen molar-refractivity contribution in [2.75, 3.05) is 7.11 Å². The third kappa shape index (κ3) is 2.69. The van der Waals surface area contributed by atoms with Crippen LogP contribution in [-0.4, -0.2) is 23.0 Å². The molecule has 0 aliphatic heterocycles. The van der Waals surface area contributed by atoms with Crippen LogP contribution < -0.4 is 5.11 Å². The average molecular weight is 285 g/mol. The van der Waals surface area contributed by atoms with Gasteiger partial charge in [-0.1, -0.05) is 0 Å². The van der Waals surface area contributed by atoms with Crippen LogP contribution in [0.2, 0.25) is 0 Å². The molecule has 0 saturated heterocycles. The van der Waals surface area contributed by atoms with Gasteiger partial charge >= 0.3 is 6.18 Å². The summed E-state index contributed by atoms with van der Waals surface area (Å²) in [4.78, 5) is 18.0. The van der Waals surface area contributed by atoms with Gasteiger partial charge in [0.1, 0.15) is 0 Å². The molecule has 0 atom stereocenters. The van der Waals surface area contributed by atoms with Gasteiger partial charge in [0, 0.05) is 18.1 Å². The molecule has 2 heterocycles. The predicted molar refractivity (Wildman–Crippen MR) is 59.6 cm³/mol. The maximum absolute atomic E-state index is 12.8. The molecule has 0 aliphatic rings. The Kier molecular flexibility index (Phi) is 3.58. The highest BCUT2D eigenvalue weighted by molar-refractivity contribution is 5.92. The van der Waals surface area contributed by atoms with Crippen LogP contribution in [0.15, 0.2) is 18.2 Å². The minimum Gasteiger partial charge on any atom is -0.545 e. The second-order valence-corrected chi connectivity index (χ2v) is 3.95. The predicted octanol–water partition coefficient (Wildman–Crippen LogP) is 1.16. The number of hydrogen-bond acceptors (Lipinski definition) is 5. The number of aromatic nitrogens is 2. The van der Waals surface area contributed by atoms with Crippen LogP contribution in [0.3, 0.4) is 0 Å². The molecule has 0 aromatic carbocycles. The first-order valence-electron chi connectivity index (χ1n) is 5.41. The molecule has 8 heteroatoms. The topological polar surface area (TPSA) is 75.1 Å². The molecule has 106 valence electrons. The zero-order chi connectivity index (χ0) is 14.9. The van der Waals surface area contributed by atoms with Crippen molar-refractivity contribution in [3.63, 3.8) is 0 Å². The molecule has 0 saturated carbocycles. The van der Waals surface area contributed by atoms with E-state index in [2.05, 4.69) is 9.97 Å². The van der Waals surface area contributed by atoms with Crippen LogP contribution in [0.25, 0.3) is 11.0 Å². The number of carbonyl (C=O) groups is 1. The monoisotopic (exact) mass is 285 g/mol. The number of hydrogen-bond donors (Lipinski definition) is 0. The molecule has 2 aromatic rings. The SMILES string of the molecule is COCc1ccc2cc(C(=O)[O-])c(C(F)(F)F)nc2n1. The molecule has 0 radical (unpaired) electrons. The zero-order valence-corrected chi connectivity index (χ0v) is 10.2. The van der Waals surface area contributed by atoms with Crippen LogP contribution in [0, 0.1) is 0 Å². The minimum atomic E-state index is -4.90. The van der Waals surface area contributed by atoms with Crippen LogP contribution >= 0.6 is 0 Å². The number of alkyl halides is 3. The number of aromatic carboxylic acids is 1. The molecule has 0 amide bonds. The lowest BCUT2D eigenvalue weighted by molar-refractivity contribution is -0.255. The summed E-state index contributed by atoms with van der Waals surface area (Å²) in [6.45, 7) is 0.112. The number of rotatable bonds is 3. The summed E-state index contributed by atoms with van der Waals surface area (Å²) in [7, 11) is 1.42. The van der Waals surface area contributed by atoms with Crippen molar-refractivity contribution in [2.45, 2.75) is 12.8 Å². The van der Waals surface area contributed by atoms with Crippen molar-refractivity contribution in [3.05, 3.63) is 35.2 Å². The highest BCUT2D eigenvalue weighted by atomic mass is 19.4. The molecule has 2 aromatic heterocycles. The summed E-state index contributed by atoms with van der Waals surface area (Å²) in [5.41, 5.74) is -2.34. The number of nitrogens with zero attached hydrogens (tertiary/aromatic N) is 2. The van der Waals surface area contributed by atoms with Crippen LogP contribution in [-0.2, 0) is 17.5 Å². The summed E-state index contributed by atoms with van der Waals surface area (Å²) in [5.74, 6) is -1.94. The van der Waals surface area contributed by atoms with Gasteiger partial charge in [-0.15, -0.1) is 0 Å². The Balaban J connectivity index is 2.69. The Hall–Kier alpha value is -2.22.